The van der Waals surface area contributed by atoms with Gasteiger partial charge in [0.15, 0.2) is 23.4 Å². The Bertz CT molecular complexity index is 715. The summed E-state index contributed by atoms with van der Waals surface area (Å²) in [6.45, 7) is 6.21. The monoisotopic (exact) mass is 315 g/mol. The number of Topliss-reactive ketones (excluding diaryl/α,β-unsaturated/α-hetero) is 1. The lowest BCUT2D eigenvalue weighted by Gasteiger charge is -2.55. The molecule has 4 atom stereocenters. The summed E-state index contributed by atoms with van der Waals surface area (Å²) >= 11 is 0. The van der Waals surface area contributed by atoms with E-state index in [9.17, 15) is 15.0 Å². The third-order valence-electron chi connectivity index (χ3n) is 5.96. The Kier molecular flexibility index (Phi) is 2.93. The van der Waals surface area contributed by atoms with Crippen molar-refractivity contribution >= 4 is 5.78 Å². The van der Waals surface area contributed by atoms with Gasteiger partial charge in [-0.25, -0.2) is 0 Å². The zero-order valence-electron chi connectivity index (χ0n) is 13.1. The van der Waals surface area contributed by atoms with E-state index in [2.05, 4.69) is 11.9 Å². The fourth-order valence-corrected chi connectivity index (χ4v) is 4.77. The molecule has 0 aromatic heterocycles. The van der Waals surface area contributed by atoms with E-state index in [1.807, 2.05) is 13.0 Å². The van der Waals surface area contributed by atoms with Crippen molar-refractivity contribution in [1.29, 1.82) is 0 Å². The fraction of sp³-hybridized carbons (Fsp3) is 0.500. The minimum atomic E-state index is -1.10. The van der Waals surface area contributed by atoms with Crippen LogP contribution in [0.15, 0.2) is 24.8 Å². The molecule has 3 N–H and O–H groups in total. The average molecular weight is 315 g/mol. The Morgan fingerprint density at radius 1 is 1.52 bits per heavy atom. The van der Waals surface area contributed by atoms with Crippen molar-refractivity contribution in [2.75, 3.05) is 6.54 Å². The first kappa shape index (κ1) is 14.7. The largest absolute Gasteiger partial charge is 0.504 e. The molecule has 5 heteroatoms. The van der Waals surface area contributed by atoms with Crippen molar-refractivity contribution in [3.8, 4) is 11.5 Å². The molecular weight excluding hydrogens is 294 g/mol. The van der Waals surface area contributed by atoms with Crippen LogP contribution in [0.3, 0.4) is 0 Å². The van der Waals surface area contributed by atoms with Crippen LogP contribution in [0.5, 0.6) is 11.5 Å². The number of phenols is 1. The van der Waals surface area contributed by atoms with E-state index in [-0.39, 0.29) is 24.0 Å². The van der Waals surface area contributed by atoms with Crippen LogP contribution < -0.4 is 10.1 Å². The lowest BCUT2D eigenvalue weighted by molar-refractivity contribution is -0.155. The molecule has 1 aliphatic heterocycles. The lowest BCUT2D eigenvalue weighted by Crippen LogP contribution is -2.71. The minimum absolute atomic E-state index is 0.0110. The number of carbonyl (C=O) groups is 1. The van der Waals surface area contributed by atoms with Crippen LogP contribution >= 0.6 is 0 Å². The zero-order valence-corrected chi connectivity index (χ0v) is 13.1. The number of rotatable bonds is 3. The van der Waals surface area contributed by atoms with Crippen molar-refractivity contribution < 1.29 is 19.7 Å². The quantitative estimate of drug-likeness (QED) is 0.731. The molecule has 0 spiro atoms. The average Bonchev–Trinajstić information content (AvgIpc) is 2.86. The number of hydrogen-bond acceptors (Lipinski definition) is 5. The predicted molar refractivity (Wildman–Crippen MR) is 84.8 cm³/mol. The molecule has 1 heterocycles. The normalized spacial score (nSPS) is 37.2. The van der Waals surface area contributed by atoms with Crippen LogP contribution in [0.1, 0.15) is 30.9 Å². The SMILES string of the molecule is C=CCN[C@H]1Cc2ccc(O)c3c2C2(C)[C@H](O3)C(=O)CC[C@]12O. The lowest BCUT2D eigenvalue weighted by atomic mass is 9.53. The first-order valence-corrected chi connectivity index (χ1v) is 8.05. The van der Waals surface area contributed by atoms with Crippen LogP contribution in [0, 0.1) is 0 Å². The van der Waals surface area contributed by atoms with Gasteiger partial charge in [0, 0.05) is 24.6 Å². The number of aromatic hydroxyl groups is 1. The van der Waals surface area contributed by atoms with Gasteiger partial charge in [0.25, 0.3) is 0 Å². The summed E-state index contributed by atoms with van der Waals surface area (Å²) in [5.74, 6) is 0.390. The summed E-state index contributed by atoms with van der Waals surface area (Å²) < 4.78 is 5.86. The van der Waals surface area contributed by atoms with Crippen LogP contribution in [-0.4, -0.2) is 40.3 Å². The predicted octanol–water partition coefficient (Wildman–Crippen LogP) is 1.21. The van der Waals surface area contributed by atoms with Crippen molar-refractivity contribution in [3.05, 3.63) is 35.9 Å². The molecule has 1 unspecified atom stereocenters. The van der Waals surface area contributed by atoms with Gasteiger partial charge in [-0.2, -0.15) is 0 Å². The number of aliphatic hydroxyl groups is 1. The summed E-state index contributed by atoms with van der Waals surface area (Å²) in [5, 5.41) is 25.1. The van der Waals surface area contributed by atoms with E-state index >= 15 is 0 Å². The van der Waals surface area contributed by atoms with Crippen molar-refractivity contribution in [2.45, 2.75) is 49.3 Å². The smallest absolute Gasteiger partial charge is 0.174 e. The molecule has 5 nitrogen and oxygen atoms in total. The topological polar surface area (TPSA) is 78.8 Å². The molecule has 4 rings (SSSR count). The second-order valence-electron chi connectivity index (χ2n) is 6.99. The maximum absolute atomic E-state index is 12.5. The number of phenolic OH excluding ortho intramolecular Hbond substituents is 1. The summed E-state index contributed by atoms with van der Waals surface area (Å²) in [6, 6.07) is 3.29. The number of hydrogen-bond donors (Lipinski definition) is 3. The van der Waals surface area contributed by atoms with E-state index in [4.69, 9.17) is 4.74 Å². The third kappa shape index (κ3) is 1.61. The molecule has 0 bridgehead atoms. The maximum atomic E-state index is 12.5. The molecule has 3 aliphatic rings. The van der Waals surface area contributed by atoms with Gasteiger partial charge in [0.2, 0.25) is 0 Å². The van der Waals surface area contributed by atoms with E-state index < -0.39 is 17.1 Å². The van der Waals surface area contributed by atoms with Gasteiger partial charge >= 0.3 is 0 Å². The zero-order chi connectivity index (χ0) is 16.4. The van der Waals surface area contributed by atoms with Gasteiger partial charge in [-0.05, 0) is 31.4 Å². The van der Waals surface area contributed by atoms with Gasteiger partial charge in [-0.15, -0.1) is 6.58 Å². The van der Waals surface area contributed by atoms with Gasteiger partial charge in [0.1, 0.15) is 0 Å². The van der Waals surface area contributed by atoms with Crippen LogP contribution in [-0.2, 0) is 16.6 Å². The standard InChI is InChI=1S/C18H21NO4/c1-3-8-19-13-9-10-4-5-11(20)15-14(10)17(2)16(23-15)12(21)6-7-18(13,17)22/h3-5,13,16,19-20,22H,1,6-9H2,2H3/t13-,16+,17?,18-/m0/s1. The molecule has 0 amide bonds. The number of benzene rings is 1. The summed E-state index contributed by atoms with van der Waals surface area (Å²) in [5.41, 5.74) is -0.123. The molecule has 2 aliphatic carbocycles. The van der Waals surface area contributed by atoms with Crippen LogP contribution in [0.25, 0.3) is 0 Å². The maximum Gasteiger partial charge on any atom is 0.174 e. The van der Waals surface area contributed by atoms with E-state index in [0.29, 0.717) is 25.1 Å². The van der Waals surface area contributed by atoms with E-state index in [1.54, 1.807) is 12.1 Å². The first-order valence-electron chi connectivity index (χ1n) is 8.05. The van der Waals surface area contributed by atoms with Crippen LogP contribution in [0.2, 0.25) is 0 Å². The number of carbonyl (C=O) groups excluding carboxylic acids is 1. The minimum Gasteiger partial charge on any atom is -0.504 e. The number of ether oxygens (including phenoxy) is 1. The van der Waals surface area contributed by atoms with E-state index in [0.717, 1.165) is 11.1 Å². The Hall–Kier alpha value is -1.85. The van der Waals surface area contributed by atoms with Crippen molar-refractivity contribution in [1.82, 2.24) is 5.32 Å². The Balaban J connectivity index is 1.94. The summed E-state index contributed by atoms with van der Waals surface area (Å²) in [4.78, 5) is 12.5. The number of nitrogens with one attached hydrogen (secondary N) is 1. The van der Waals surface area contributed by atoms with Gasteiger partial charge in [-0.1, -0.05) is 12.1 Å². The summed E-state index contributed by atoms with van der Waals surface area (Å²) in [6.07, 6.45) is 2.34. The molecule has 1 aromatic carbocycles. The molecule has 0 saturated heterocycles. The second-order valence-corrected chi connectivity index (χ2v) is 6.99. The van der Waals surface area contributed by atoms with Crippen molar-refractivity contribution in [3.63, 3.8) is 0 Å². The Labute approximate surface area is 135 Å². The van der Waals surface area contributed by atoms with Gasteiger partial charge < -0.3 is 20.3 Å². The Morgan fingerprint density at radius 3 is 3.04 bits per heavy atom. The highest BCUT2D eigenvalue weighted by Gasteiger charge is 2.68. The Morgan fingerprint density at radius 2 is 2.30 bits per heavy atom. The molecule has 122 valence electrons. The van der Waals surface area contributed by atoms with Crippen molar-refractivity contribution in [2.24, 2.45) is 0 Å². The second kappa shape index (κ2) is 4.58. The van der Waals surface area contributed by atoms with Gasteiger partial charge in [0.05, 0.1) is 11.0 Å². The highest BCUT2D eigenvalue weighted by molar-refractivity contribution is 5.89. The molecule has 1 saturated carbocycles. The molecule has 1 aromatic rings. The van der Waals surface area contributed by atoms with E-state index in [1.165, 1.54) is 0 Å². The first-order chi connectivity index (χ1) is 10.9. The molecular formula is C18H21NO4. The van der Waals surface area contributed by atoms with Gasteiger partial charge in [-0.3, -0.25) is 4.79 Å². The molecule has 1 fully saturated rings. The number of ketones is 1. The highest BCUT2D eigenvalue weighted by atomic mass is 16.5. The summed E-state index contributed by atoms with van der Waals surface area (Å²) in [7, 11) is 0. The van der Waals surface area contributed by atoms with Crippen LogP contribution in [0.4, 0.5) is 0 Å². The molecule has 23 heavy (non-hydrogen) atoms. The highest BCUT2D eigenvalue weighted by Crippen LogP contribution is 2.60. The fourth-order valence-electron chi connectivity index (χ4n) is 4.77. The molecule has 0 radical (unpaired) electrons. The third-order valence-corrected chi connectivity index (χ3v) is 5.96.